The molecule has 0 N–H and O–H groups in total. The number of rotatable bonds is 5. The highest BCUT2D eigenvalue weighted by Gasteiger charge is 2.52. The average molecular weight is 427 g/mol. The minimum atomic E-state index is -0.800. The van der Waals surface area contributed by atoms with Crippen LogP contribution < -0.4 is 4.90 Å². The topological polar surface area (TPSA) is 59.0 Å². The third kappa shape index (κ3) is 3.47. The van der Waals surface area contributed by atoms with E-state index in [0.717, 1.165) is 22.4 Å². The number of nitrogens with zero attached hydrogens (tertiary/aromatic N) is 4. The number of halogens is 1. The van der Waals surface area contributed by atoms with Crippen molar-refractivity contribution in [2.75, 3.05) is 4.90 Å². The third-order valence-electron chi connectivity index (χ3n) is 5.72. The number of carbonyl (C=O) groups excluding carboxylic acids is 1. The van der Waals surface area contributed by atoms with Gasteiger partial charge in [0.05, 0.1) is 11.1 Å². The van der Waals surface area contributed by atoms with Gasteiger partial charge in [-0.15, -0.1) is 0 Å². The number of hydrogen-bond acceptors (Lipinski definition) is 4. The Balaban J connectivity index is 1.69. The van der Waals surface area contributed by atoms with Crippen molar-refractivity contribution in [1.29, 1.82) is 0 Å². The SMILES string of the molecule is O=C1N(c2ccc(Cl)cc2)c2ncccc2C1(Cc1ccncc1)Cc1ccncc1. The van der Waals surface area contributed by atoms with Crippen LogP contribution in [0.1, 0.15) is 16.7 Å². The number of aromatic nitrogens is 3. The lowest BCUT2D eigenvalue weighted by molar-refractivity contribution is -0.122. The van der Waals surface area contributed by atoms with Crippen molar-refractivity contribution in [3.63, 3.8) is 0 Å². The largest absolute Gasteiger partial charge is 0.273 e. The fraction of sp³-hybridized carbons (Fsp3) is 0.120. The van der Waals surface area contributed by atoms with Gasteiger partial charge in [0.2, 0.25) is 5.91 Å². The van der Waals surface area contributed by atoms with Gasteiger partial charge in [-0.3, -0.25) is 19.7 Å². The van der Waals surface area contributed by atoms with Crippen molar-refractivity contribution >= 4 is 29.0 Å². The highest BCUT2D eigenvalue weighted by molar-refractivity contribution is 6.30. The van der Waals surface area contributed by atoms with Crippen molar-refractivity contribution in [3.05, 3.63) is 113 Å². The van der Waals surface area contributed by atoms with Crippen LogP contribution in [0.5, 0.6) is 0 Å². The van der Waals surface area contributed by atoms with Gasteiger partial charge in [0.25, 0.3) is 0 Å². The van der Waals surface area contributed by atoms with E-state index >= 15 is 0 Å². The zero-order valence-corrected chi connectivity index (χ0v) is 17.4. The highest BCUT2D eigenvalue weighted by Crippen LogP contribution is 2.47. The van der Waals surface area contributed by atoms with Crippen LogP contribution >= 0.6 is 11.6 Å². The molecule has 4 aromatic rings. The van der Waals surface area contributed by atoms with Gasteiger partial charge in [0, 0.05) is 41.6 Å². The van der Waals surface area contributed by atoms with Crippen molar-refractivity contribution < 1.29 is 4.79 Å². The minimum Gasteiger partial charge on any atom is -0.273 e. The Bertz CT molecular complexity index is 1170. The second kappa shape index (κ2) is 7.93. The van der Waals surface area contributed by atoms with Gasteiger partial charge in [-0.2, -0.15) is 0 Å². The van der Waals surface area contributed by atoms with Gasteiger partial charge in [0.1, 0.15) is 5.82 Å². The first-order valence-electron chi connectivity index (χ1n) is 10.0. The van der Waals surface area contributed by atoms with E-state index in [4.69, 9.17) is 11.6 Å². The molecule has 1 amide bonds. The molecule has 4 heterocycles. The summed E-state index contributed by atoms with van der Waals surface area (Å²) in [5.41, 5.74) is 2.96. The fourth-order valence-corrected chi connectivity index (χ4v) is 4.43. The molecule has 5 nitrogen and oxygen atoms in total. The Morgan fingerprint density at radius 1 is 0.774 bits per heavy atom. The first kappa shape index (κ1) is 19.4. The summed E-state index contributed by atoms with van der Waals surface area (Å²) in [4.78, 5) is 28.8. The molecule has 6 heteroatoms. The lowest BCUT2D eigenvalue weighted by Crippen LogP contribution is -2.42. The van der Waals surface area contributed by atoms with Gasteiger partial charge in [-0.25, -0.2) is 4.98 Å². The first-order valence-corrected chi connectivity index (χ1v) is 10.4. The lowest BCUT2D eigenvalue weighted by atomic mass is 9.72. The molecule has 0 unspecified atom stereocenters. The van der Waals surface area contributed by atoms with E-state index in [9.17, 15) is 4.79 Å². The van der Waals surface area contributed by atoms with E-state index in [2.05, 4.69) is 15.0 Å². The second-order valence-electron chi connectivity index (χ2n) is 7.64. The normalized spacial score (nSPS) is 14.5. The number of benzene rings is 1. The van der Waals surface area contributed by atoms with Crippen molar-refractivity contribution in [1.82, 2.24) is 15.0 Å². The van der Waals surface area contributed by atoms with E-state index < -0.39 is 5.41 Å². The van der Waals surface area contributed by atoms with Crippen LogP contribution in [0.3, 0.4) is 0 Å². The van der Waals surface area contributed by atoms with Crippen molar-refractivity contribution in [2.24, 2.45) is 0 Å². The predicted octanol–water partition coefficient (Wildman–Crippen LogP) is 4.93. The van der Waals surface area contributed by atoms with Gasteiger partial charge >= 0.3 is 0 Å². The van der Waals surface area contributed by atoms with E-state index in [1.807, 2.05) is 48.5 Å². The summed E-state index contributed by atoms with van der Waals surface area (Å²) in [6, 6.07) is 19.0. The summed E-state index contributed by atoms with van der Waals surface area (Å²) in [6.07, 6.45) is 9.85. The summed E-state index contributed by atoms with van der Waals surface area (Å²) in [5.74, 6) is 0.662. The lowest BCUT2D eigenvalue weighted by Gasteiger charge is -2.29. The van der Waals surface area contributed by atoms with Crippen LogP contribution in [0.2, 0.25) is 5.02 Å². The van der Waals surface area contributed by atoms with Crippen LogP contribution in [-0.2, 0) is 23.1 Å². The molecule has 3 aromatic heterocycles. The molecule has 0 aliphatic carbocycles. The van der Waals surface area contributed by atoms with Crippen LogP contribution in [0.4, 0.5) is 11.5 Å². The maximum atomic E-state index is 14.2. The van der Waals surface area contributed by atoms with E-state index in [0.29, 0.717) is 23.7 Å². The third-order valence-corrected chi connectivity index (χ3v) is 5.97. The predicted molar refractivity (Wildman–Crippen MR) is 120 cm³/mol. The molecule has 5 rings (SSSR count). The van der Waals surface area contributed by atoms with Gasteiger partial charge in [-0.1, -0.05) is 17.7 Å². The monoisotopic (exact) mass is 426 g/mol. The average Bonchev–Trinajstić information content (AvgIpc) is 3.04. The Kier molecular flexibility index (Phi) is 4.96. The maximum Gasteiger partial charge on any atom is 0.244 e. The van der Waals surface area contributed by atoms with Gasteiger partial charge in [0.15, 0.2) is 0 Å². The molecule has 1 aliphatic rings. The number of carbonyl (C=O) groups is 1. The molecule has 0 radical (unpaired) electrons. The fourth-order valence-electron chi connectivity index (χ4n) is 4.31. The Hall–Kier alpha value is -3.57. The summed E-state index contributed by atoms with van der Waals surface area (Å²) >= 11 is 6.09. The summed E-state index contributed by atoms with van der Waals surface area (Å²) in [5, 5.41) is 0.622. The van der Waals surface area contributed by atoms with Crippen LogP contribution in [-0.4, -0.2) is 20.9 Å². The molecule has 1 aliphatic heterocycles. The molecule has 0 spiro atoms. The number of anilines is 2. The smallest absolute Gasteiger partial charge is 0.244 e. The molecule has 152 valence electrons. The first-order chi connectivity index (χ1) is 15.2. The molecule has 1 aromatic carbocycles. The Labute approximate surface area is 185 Å². The van der Waals surface area contributed by atoms with Gasteiger partial charge < -0.3 is 0 Å². The van der Waals surface area contributed by atoms with Crippen molar-refractivity contribution in [2.45, 2.75) is 18.3 Å². The molecule has 0 fully saturated rings. The molecule has 0 saturated heterocycles. The Morgan fingerprint density at radius 2 is 1.35 bits per heavy atom. The number of pyridine rings is 3. The standard InChI is InChI=1S/C25H19ClN4O/c26-20-3-5-21(6-4-20)30-23-22(2-1-11-29-23)25(24(30)31,16-18-7-12-27-13-8-18)17-19-9-14-28-15-10-19/h1-15H,16-17H2. The van der Waals surface area contributed by atoms with E-state index in [1.165, 1.54) is 0 Å². The maximum absolute atomic E-state index is 14.2. The molecule has 0 bridgehead atoms. The minimum absolute atomic E-state index is 0.00264. The van der Waals surface area contributed by atoms with Crippen LogP contribution in [0.15, 0.2) is 91.6 Å². The second-order valence-corrected chi connectivity index (χ2v) is 8.07. The zero-order valence-electron chi connectivity index (χ0n) is 16.6. The molecule has 0 atom stereocenters. The van der Waals surface area contributed by atoms with Crippen LogP contribution in [0.25, 0.3) is 0 Å². The number of fused-ring (bicyclic) bond motifs is 1. The summed E-state index contributed by atoms with van der Waals surface area (Å²) in [7, 11) is 0. The quantitative estimate of drug-likeness (QED) is 0.454. The molecule has 0 saturated carbocycles. The number of hydrogen-bond donors (Lipinski definition) is 0. The highest BCUT2D eigenvalue weighted by atomic mass is 35.5. The van der Waals surface area contributed by atoms with Crippen molar-refractivity contribution in [3.8, 4) is 0 Å². The zero-order chi connectivity index (χ0) is 21.3. The van der Waals surface area contributed by atoms with E-state index in [1.54, 1.807) is 48.0 Å². The summed E-state index contributed by atoms with van der Waals surface area (Å²) in [6.45, 7) is 0. The van der Waals surface area contributed by atoms with Crippen LogP contribution in [0, 0.1) is 0 Å². The molecular formula is C25H19ClN4O. The summed E-state index contributed by atoms with van der Waals surface area (Å²) < 4.78 is 0. The van der Waals surface area contributed by atoms with E-state index in [-0.39, 0.29) is 5.91 Å². The molecule has 31 heavy (non-hydrogen) atoms. The Morgan fingerprint density at radius 3 is 1.94 bits per heavy atom. The van der Waals surface area contributed by atoms with Gasteiger partial charge in [-0.05, 0) is 78.6 Å². The molecular weight excluding hydrogens is 408 g/mol. The number of amides is 1.